The number of esters is 1. The van der Waals surface area contributed by atoms with Crippen molar-refractivity contribution in [3.05, 3.63) is 32.8 Å². The fourth-order valence-electron chi connectivity index (χ4n) is 2.96. The summed E-state index contributed by atoms with van der Waals surface area (Å²) in [6.45, 7) is 5.23. The van der Waals surface area contributed by atoms with Crippen molar-refractivity contribution in [2.75, 3.05) is 17.7 Å². The number of hydrogen-bond donors (Lipinski definition) is 1. The highest BCUT2D eigenvalue weighted by Gasteiger charge is 2.26. The maximum Gasteiger partial charge on any atom is 0.321 e. The molecule has 0 spiro atoms. The van der Waals surface area contributed by atoms with E-state index in [9.17, 15) is 27.6 Å². The van der Waals surface area contributed by atoms with E-state index in [-0.39, 0.29) is 40.6 Å². The fraction of sp³-hybridized carbons (Fsp3) is 0.474. The molecule has 0 aliphatic carbocycles. The largest absolute Gasteiger partial charge is 0.465 e. The first-order chi connectivity index (χ1) is 13.9. The second-order valence-corrected chi connectivity index (χ2v) is 9.23. The van der Waals surface area contributed by atoms with Crippen molar-refractivity contribution in [3.8, 4) is 0 Å². The fourth-order valence-corrected chi connectivity index (χ4v) is 4.25. The van der Waals surface area contributed by atoms with Crippen molar-refractivity contribution in [3.63, 3.8) is 0 Å². The minimum atomic E-state index is -4.22. The quantitative estimate of drug-likeness (QED) is 0.492. The molecular weight excluding hydrogens is 414 g/mol. The zero-order chi connectivity index (χ0) is 22.8. The highest BCUT2D eigenvalue weighted by Crippen LogP contribution is 2.28. The van der Waals surface area contributed by atoms with E-state index in [0.717, 1.165) is 9.13 Å². The normalized spacial score (nSPS) is 11.7. The summed E-state index contributed by atoms with van der Waals surface area (Å²) in [6.07, 6.45) is 0.140. The minimum Gasteiger partial charge on any atom is -0.465 e. The van der Waals surface area contributed by atoms with Crippen molar-refractivity contribution < 1.29 is 22.7 Å². The Bertz CT molecular complexity index is 1220. The van der Waals surface area contributed by atoms with Crippen LogP contribution in [0, 0.1) is 5.92 Å². The van der Waals surface area contributed by atoms with Gasteiger partial charge in [-0.2, -0.15) is 0 Å². The third kappa shape index (κ3) is 4.78. The third-order valence-corrected chi connectivity index (χ3v) is 6.03. The molecule has 0 saturated heterocycles. The highest BCUT2D eigenvalue weighted by molar-refractivity contribution is 7.92. The van der Waals surface area contributed by atoms with E-state index < -0.39 is 38.6 Å². The molecule has 11 heteroatoms. The number of carbonyl (C=O) groups excluding carboxylic acids is 2. The molecule has 0 radical (unpaired) electrons. The SMILES string of the molecule is CCOC(=O)CS(=O)(=O)c1cc2c(cc1NC(=O)CC(C)C)n(C)c(=O)c(=O)n2C. The second kappa shape index (κ2) is 8.82. The Morgan fingerprint density at radius 3 is 2.10 bits per heavy atom. The number of rotatable bonds is 7. The second-order valence-electron chi connectivity index (χ2n) is 7.28. The molecule has 2 aromatic rings. The molecule has 164 valence electrons. The number of sulfone groups is 1. The topological polar surface area (TPSA) is 134 Å². The number of benzene rings is 1. The minimum absolute atomic E-state index is 0.0146. The van der Waals surface area contributed by atoms with Gasteiger partial charge in [-0.05, 0) is 25.0 Å². The summed E-state index contributed by atoms with van der Waals surface area (Å²) in [5, 5.41) is 2.55. The molecule has 0 fully saturated rings. The van der Waals surface area contributed by atoms with Crippen molar-refractivity contribution in [1.29, 1.82) is 0 Å². The van der Waals surface area contributed by atoms with Crippen LogP contribution in [0.2, 0.25) is 0 Å². The van der Waals surface area contributed by atoms with Gasteiger partial charge in [-0.1, -0.05) is 13.8 Å². The Balaban J connectivity index is 2.78. The summed E-state index contributed by atoms with van der Waals surface area (Å²) in [5.41, 5.74) is -1.31. The Hall–Kier alpha value is -2.95. The van der Waals surface area contributed by atoms with Gasteiger partial charge in [0.15, 0.2) is 15.6 Å². The number of aryl methyl sites for hydroxylation is 2. The number of amides is 1. The van der Waals surface area contributed by atoms with Crippen LogP contribution < -0.4 is 16.4 Å². The average molecular weight is 439 g/mol. The van der Waals surface area contributed by atoms with E-state index in [4.69, 9.17) is 4.74 Å². The first-order valence-corrected chi connectivity index (χ1v) is 11.0. The monoisotopic (exact) mass is 439 g/mol. The smallest absolute Gasteiger partial charge is 0.321 e. The van der Waals surface area contributed by atoms with E-state index in [1.54, 1.807) is 6.92 Å². The van der Waals surface area contributed by atoms with E-state index in [0.29, 0.717) is 0 Å². The van der Waals surface area contributed by atoms with Gasteiger partial charge >= 0.3 is 17.1 Å². The molecule has 2 rings (SSSR count). The van der Waals surface area contributed by atoms with Gasteiger partial charge in [0.25, 0.3) is 0 Å². The van der Waals surface area contributed by atoms with E-state index >= 15 is 0 Å². The van der Waals surface area contributed by atoms with Gasteiger partial charge in [-0.25, -0.2) is 8.42 Å². The van der Waals surface area contributed by atoms with Crippen LogP contribution in [-0.2, 0) is 38.3 Å². The molecule has 0 saturated carbocycles. The number of carbonyl (C=O) groups is 2. The maximum atomic E-state index is 12.9. The molecule has 0 aliphatic rings. The van der Waals surface area contributed by atoms with Gasteiger partial charge < -0.3 is 19.2 Å². The predicted octanol–water partition coefficient (Wildman–Crippen LogP) is 0.559. The number of ether oxygens (including phenoxy) is 1. The summed E-state index contributed by atoms with van der Waals surface area (Å²) in [6, 6.07) is 2.49. The first kappa shape index (κ1) is 23.3. The number of nitrogens with one attached hydrogen (secondary N) is 1. The number of anilines is 1. The predicted molar refractivity (Wildman–Crippen MR) is 111 cm³/mol. The highest BCUT2D eigenvalue weighted by atomic mass is 32.2. The molecule has 1 amide bonds. The zero-order valence-electron chi connectivity index (χ0n) is 17.5. The van der Waals surface area contributed by atoms with Crippen molar-refractivity contribution in [2.24, 2.45) is 20.0 Å². The third-order valence-electron chi connectivity index (χ3n) is 4.41. The lowest BCUT2D eigenvalue weighted by molar-refractivity contribution is -0.140. The zero-order valence-corrected chi connectivity index (χ0v) is 18.3. The molecule has 1 heterocycles. The van der Waals surface area contributed by atoms with Crippen molar-refractivity contribution in [2.45, 2.75) is 32.1 Å². The summed E-state index contributed by atoms with van der Waals surface area (Å²) in [5.74, 6) is -2.27. The molecular formula is C19H25N3O7S. The summed E-state index contributed by atoms with van der Waals surface area (Å²) in [4.78, 5) is 48.1. The van der Waals surface area contributed by atoms with Gasteiger partial charge in [0.2, 0.25) is 5.91 Å². The van der Waals surface area contributed by atoms with Gasteiger partial charge in [0.1, 0.15) is 0 Å². The Morgan fingerprint density at radius 1 is 1.07 bits per heavy atom. The number of nitrogens with zero attached hydrogens (tertiary/aromatic N) is 2. The van der Waals surface area contributed by atoms with Crippen molar-refractivity contribution >= 4 is 38.4 Å². The Labute approximate surface area is 173 Å². The lowest BCUT2D eigenvalue weighted by Gasteiger charge is -2.16. The van der Waals surface area contributed by atoms with Crippen LogP contribution in [0.25, 0.3) is 11.0 Å². The standard InChI is InChI=1S/C19H25N3O7S/c1-6-29-17(24)10-30(27,28)15-9-14-13(21(4)18(25)19(26)22(14)5)8-12(15)20-16(23)7-11(2)3/h8-9,11H,6-7,10H2,1-5H3,(H,20,23). The molecule has 1 N–H and O–H groups in total. The van der Waals surface area contributed by atoms with Gasteiger partial charge in [-0.15, -0.1) is 0 Å². The molecule has 1 aromatic carbocycles. The lowest BCUT2D eigenvalue weighted by Crippen LogP contribution is -2.39. The van der Waals surface area contributed by atoms with Gasteiger partial charge in [-0.3, -0.25) is 19.2 Å². The van der Waals surface area contributed by atoms with Crippen LogP contribution >= 0.6 is 0 Å². The molecule has 1 aromatic heterocycles. The van der Waals surface area contributed by atoms with E-state index in [1.807, 2.05) is 13.8 Å². The van der Waals surface area contributed by atoms with Crippen LogP contribution in [0.15, 0.2) is 26.6 Å². The van der Waals surface area contributed by atoms with Gasteiger partial charge in [0, 0.05) is 20.5 Å². The number of fused-ring (bicyclic) bond motifs is 1. The Kier molecular flexibility index (Phi) is 6.86. The van der Waals surface area contributed by atoms with E-state index in [1.165, 1.54) is 26.2 Å². The maximum absolute atomic E-state index is 12.9. The summed E-state index contributed by atoms with van der Waals surface area (Å²) in [7, 11) is -1.51. The number of hydrogen-bond acceptors (Lipinski definition) is 7. The summed E-state index contributed by atoms with van der Waals surface area (Å²) < 4.78 is 32.7. The average Bonchev–Trinajstić information content (AvgIpc) is 2.63. The molecule has 0 bridgehead atoms. The molecule has 10 nitrogen and oxygen atoms in total. The van der Waals surface area contributed by atoms with Crippen LogP contribution in [0.4, 0.5) is 5.69 Å². The molecule has 0 unspecified atom stereocenters. The van der Waals surface area contributed by atoms with Crippen LogP contribution in [-0.4, -0.2) is 41.8 Å². The molecule has 0 aliphatic heterocycles. The first-order valence-electron chi connectivity index (χ1n) is 9.31. The van der Waals surface area contributed by atoms with Crippen LogP contribution in [0.3, 0.4) is 0 Å². The van der Waals surface area contributed by atoms with Crippen molar-refractivity contribution in [1.82, 2.24) is 9.13 Å². The van der Waals surface area contributed by atoms with Crippen LogP contribution in [0.5, 0.6) is 0 Å². The van der Waals surface area contributed by atoms with E-state index in [2.05, 4.69) is 5.32 Å². The number of aromatic nitrogens is 2. The Morgan fingerprint density at radius 2 is 1.60 bits per heavy atom. The lowest BCUT2D eigenvalue weighted by atomic mass is 10.1. The van der Waals surface area contributed by atoms with Gasteiger partial charge in [0.05, 0.1) is 28.2 Å². The summed E-state index contributed by atoms with van der Waals surface area (Å²) >= 11 is 0. The molecule has 30 heavy (non-hydrogen) atoms. The molecule has 0 atom stereocenters. The van der Waals surface area contributed by atoms with Crippen LogP contribution in [0.1, 0.15) is 27.2 Å².